The van der Waals surface area contributed by atoms with Crippen LogP contribution < -0.4 is 14.8 Å². The predicted molar refractivity (Wildman–Crippen MR) is 86.3 cm³/mol. The van der Waals surface area contributed by atoms with Gasteiger partial charge in [0.1, 0.15) is 5.01 Å². The SMILES string of the molecule is CCOc1cc(CNC(C)c2nc(C)cs2)ccc1OC. The molecule has 21 heavy (non-hydrogen) atoms. The average molecular weight is 306 g/mol. The zero-order chi connectivity index (χ0) is 15.2. The summed E-state index contributed by atoms with van der Waals surface area (Å²) in [7, 11) is 1.66. The molecule has 1 aromatic heterocycles. The average Bonchev–Trinajstić information content (AvgIpc) is 2.92. The van der Waals surface area contributed by atoms with Crippen LogP contribution in [0.5, 0.6) is 11.5 Å². The summed E-state index contributed by atoms with van der Waals surface area (Å²) in [6.45, 7) is 7.51. The van der Waals surface area contributed by atoms with Crippen molar-refractivity contribution in [1.29, 1.82) is 0 Å². The lowest BCUT2D eigenvalue weighted by molar-refractivity contribution is 0.310. The van der Waals surface area contributed by atoms with Gasteiger partial charge in [0.05, 0.1) is 19.8 Å². The molecular weight excluding hydrogens is 284 g/mol. The minimum absolute atomic E-state index is 0.237. The van der Waals surface area contributed by atoms with Gasteiger partial charge >= 0.3 is 0 Å². The lowest BCUT2D eigenvalue weighted by Crippen LogP contribution is -2.18. The first-order chi connectivity index (χ1) is 10.1. The Morgan fingerprint density at radius 3 is 2.76 bits per heavy atom. The number of rotatable bonds is 7. The van der Waals surface area contributed by atoms with Crippen LogP contribution in [0.4, 0.5) is 0 Å². The zero-order valence-electron chi connectivity index (χ0n) is 13.0. The zero-order valence-corrected chi connectivity index (χ0v) is 13.8. The van der Waals surface area contributed by atoms with Gasteiger partial charge in [-0.15, -0.1) is 11.3 Å². The molecular formula is C16H22N2O2S. The number of aromatic nitrogens is 1. The first kappa shape index (κ1) is 15.8. The highest BCUT2D eigenvalue weighted by Gasteiger charge is 2.10. The highest BCUT2D eigenvalue weighted by atomic mass is 32.1. The molecule has 0 aliphatic carbocycles. The Hall–Kier alpha value is -1.59. The van der Waals surface area contributed by atoms with Crippen molar-refractivity contribution in [2.45, 2.75) is 33.4 Å². The molecule has 0 amide bonds. The summed E-state index contributed by atoms with van der Waals surface area (Å²) < 4.78 is 10.9. The van der Waals surface area contributed by atoms with E-state index < -0.39 is 0 Å². The largest absolute Gasteiger partial charge is 0.493 e. The number of benzene rings is 1. The van der Waals surface area contributed by atoms with Gasteiger partial charge in [-0.3, -0.25) is 0 Å². The van der Waals surface area contributed by atoms with E-state index in [9.17, 15) is 0 Å². The molecule has 2 rings (SSSR count). The third-order valence-corrected chi connectivity index (χ3v) is 4.29. The molecule has 0 aliphatic heterocycles. The van der Waals surface area contributed by atoms with Gasteiger partial charge in [0.25, 0.3) is 0 Å². The molecule has 1 N–H and O–H groups in total. The number of ether oxygens (including phenoxy) is 2. The molecule has 0 saturated heterocycles. The number of thiazole rings is 1. The fourth-order valence-corrected chi connectivity index (χ4v) is 2.86. The van der Waals surface area contributed by atoms with Crippen molar-refractivity contribution in [3.05, 3.63) is 39.8 Å². The Bertz CT molecular complexity index is 583. The molecule has 0 fully saturated rings. The molecule has 0 bridgehead atoms. The second-order valence-electron chi connectivity index (χ2n) is 4.85. The molecule has 1 heterocycles. The van der Waals surface area contributed by atoms with E-state index in [1.165, 1.54) is 5.56 Å². The minimum atomic E-state index is 0.237. The predicted octanol–water partition coefficient (Wildman–Crippen LogP) is 3.71. The number of methoxy groups -OCH3 is 1. The van der Waals surface area contributed by atoms with Crippen molar-refractivity contribution < 1.29 is 9.47 Å². The minimum Gasteiger partial charge on any atom is -0.493 e. The van der Waals surface area contributed by atoms with Crippen LogP contribution in [0, 0.1) is 6.92 Å². The summed E-state index contributed by atoms with van der Waals surface area (Å²) in [5.74, 6) is 1.56. The van der Waals surface area contributed by atoms with Crippen molar-refractivity contribution in [2.75, 3.05) is 13.7 Å². The fraction of sp³-hybridized carbons (Fsp3) is 0.438. The number of aryl methyl sites for hydroxylation is 1. The standard InChI is InChI=1S/C16H22N2O2S/c1-5-20-15-8-13(6-7-14(15)19-4)9-17-12(3)16-18-11(2)10-21-16/h6-8,10,12,17H,5,9H2,1-4H3. The molecule has 1 atom stereocenters. The second-order valence-corrected chi connectivity index (χ2v) is 5.74. The normalized spacial score (nSPS) is 12.2. The Balaban J connectivity index is 2.01. The smallest absolute Gasteiger partial charge is 0.161 e. The molecule has 1 aromatic carbocycles. The van der Waals surface area contributed by atoms with E-state index in [0.717, 1.165) is 28.7 Å². The summed E-state index contributed by atoms with van der Waals surface area (Å²) in [5.41, 5.74) is 2.24. The Morgan fingerprint density at radius 2 is 2.14 bits per heavy atom. The molecule has 0 aliphatic rings. The molecule has 2 aromatic rings. The molecule has 5 heteroatoms. The summed E-state index contributed by atoms with van der Waals surface area (Å²) >= 11 is 1.69. The van der Waals surface area contributed by atoms with Gasteiger partial charge in [-0.2, -0.15) is 0 Å². The van der Waals surface area contributed by atoms with Crippen LogP contribution >= 0.6 is 11.3 Å². The first-order valence-electron chi connectivity index (χ1n) is 7.09. The van der Waals surface area contributed by atoms with Crippen LogP contribution in [0.3, 0.4) is 0 Å². The van der Waals surface area contributed by atoms with Crippen molar-refractivity contribution in [3.63, 3.8) is 0 Å². The number of nitrogens with one attached hydrogen (secondary N) is 1. The van der Waals surface area contributed by atoms with E-state index in [1.54, 1.807) is 18.4 Å². The van der Waals surface area contributed by atoms with Crippen molar-refractivity contribution in [2.24, 2.45) is 0 Å². The van der Waals surface area contributed by atoms with Crippen LogP contribution in [0.25, 0.3) is 0 Å². The summed E-state index contributed by atoms with van der Waals surface area (Å²) in [6, 6.07) is 6.25. The first-order valence-corrected chi connectivity index (χ1v) is 7.97. The van der Waals surface area contributed by atoms with Gasteiger partial charge in [-0.05, 0) is 38.5 Å². The topological polar surface area (TPSA) is 43.4 Å². The van der Waals surface area contributed by atoms with Crippen LogP contribution in [0.2, 0.25) is 0 Å². The maximum atomic E-state index is 5.60. The highest BCUT2D eigenvalue weighted by Crippen LogP contribution is 2.28. The van der Waals surface area contributed by atoms with Crippen LogP contribution in [-0.4, -0.2) is 18.7 Å². The van der Waals surface area contributed by atoms with E-state index in [-0.39, 0.29) is 6.04 Å². The maximum absolute atomic E-state index is 5.60. The second kappa shape index (κ2) is 7.43. The Labute approximate surface area is 130 Å². The van der Waals surface area contributed by atoms with E-state index >= 15 is 0 Å². The highest BCUT2D eigenvalue weighted by molar-refractivity contribution is 7.09. The summed E-state index contributed by atoms with van der Waals surface area (Å²) in [4.78, 5) is 4.51. The number of nitrogens with zero attached hydrogens (tertiary/aromatic N) is 1. The maximum Gasteiger partial charge on any atom is 0.161 e. The van der Waals surface area contributed by atoms with E-state index in [1.807, 2.05) is 32.0 Å². The lowest BCUT2D eigenvalue weighted by atomic mass is 10.2. The van der Waals surface area contributed by atoms with Gasteiger partial charge < -0.3 is 14.8 Å². The van der Waals surface area contributed by atoms with E-state index in [0.29, 0.717) is 6.61 Å². The molecule has 114 valence electrons. The van der Waals surface area contributed by atoms with Gasteiger partial charge in [-0.1, -0.05) is 6.07 Å². The lowest BCUT2D eigenvalue weighted by Gasteiger charge is -2.14. The van der Waals surface area contributed by atoms with Crippen LogP contribution in [0.15, 0.2) is 23.6 Å². The molecule has 0 spiro atoms. The van der Waals surface area contributed by atoms with Crippen LogP contribution in [-0.2, 0) is 6.54 Å². The van der Waals surface area contributed by atoms with Crippen molar-refractivity contribution in [1.82, 2.24) is 10.3 Å². The van der Waals surface area contributed by atoms with Gasteiger partial charge in [-0.25, -0.2) is 4.98 Å². The quantitative estimate of drug-likeness (QED) is 0.847. The number of hydrogen-bond acceptors (Lipinski definition) is 5. The van der Waals surface area contributed by atoms with Gasteiger partial charge in [0.15, 0.2) is 11.5 Å². The Morgan fingerprint density at radius 1 is 1.33 bits per heavy atom. The van der Waals surface area contributed by atoms with Gasteiger partial charge in [0.2, 0.25) is 0 Å². The molecule has 1 unspecified atom stereocenters. The molecule has 4 nitrogen and oxygen atoms in total. The van der Waals surface area contributed by atoms with E-state index in [4.69, 9.17) is 9.47 Å². The van der Waals surface area contributed by atoms with Gasteiger partial charge in [0, 0.05) is 17.6 Å². The third kappa shape index (κ3) is 4.19. The molecule has 0 saturated carbocycles. The fourth-order valence-electron chi connectivity index (χ4n) is 2.03. The molecule has 0 radical (unpaired) electrons. The summed E-state index contributed by atoms with van der Waals surface area (Å²) in [5, 5.41) is 6.68. The van der Waals surface area contributed by atoms with Crippen molar-refractivity contribution >= 4 is 11.3 Å². The Kier molecular flexibility index (Phi) is 5.59. The van der Waals surface area contributed by atoms with Crippen molar-refractivity contribution in [3.8, 4) is 11.5 Å². The third-order valence-electron chi connectivity index (χ3n) is 3.15. The summed E-state index contributed by atoms with van der Waals surface area (Å²) in [6.07, 6.45) is 0. The monoisotopic (exact) mass is 306 g/mol. The van der Waals surface area contributed by atoms with E-state index in [2.05, 4.69) is 22.6 Å². The number of hydrogen-bond donors (Lipinski definition) is 1. The van der Waals surface area contributed by atoms with Crippen LogP contribution in [0.1, 0.15) is 36.2 Å².